The van der Waals surface area contributed by atoms with Crippen molar-refractivity contribution in [1.82, 2.24) is 24.6 Å². The molecule has 0 bridgehead atoms. The number of hydrogen-bond acceptors (Lipinski definition) is 4. The maximum Gasteiger partial charge on any atom is 0.0951 e. The van der Waals surface area contributed by atoms with Crippen molar-refractivity contribution in [3.05, 3.63) is 24.9 Å². The molecule has 18 heavy (non-hydrogen) atoms. The molecule has 2 rings (SSSR count). The normalized spacial score (nSPS) is 11.0. The number of ether oxygens (including phenoxy) is 1. The number of nitrogens with one attached hydrogen (secondary N) is 1. The largest absolute Gasteiger partial charge is 0.383 e. The van der Waals surface area contributed by atoms with Crippen LogP contribution in [-0.2, 0) is 18.3 Å². The van der Waals surface area contributed by atoms with Gasteiger partial charge in [-0.1, -0.05) is 0 Å². The van der Waals surface area contributed by atoms with Gasteiger partial charge >= 0.3 is 0 Å². The first-order valence-corrected chi connectivity index (χ1v) is 6.00. The Kier molecular flexibility index (Phi) is 4.49. The summed E-state index contributed by atoms with van der Waals surface area (Å²) in [6.45, 7) is 3.38. The predicted molar refractivity (Wildman–Crippen MR) is 69.2 cm³/mol. The Balaban J connectivity index is 1.92. The summed E-state index contributed by atoms with van der Waals surface area (Å²) in [7, 11) is 3.62. The van der Waals surface area contributed by atoms with Gasteiger partial charge in [0.2, 0.25) is 0 Å². The van der Waals surface area contributed by atoms with Crippen molar-refractivity contribution in [2.45, 2.75) is 6.54 Å². The minimum absolute atomic E-state index is 0.736. The molecule has 98 valence electrons. The molecule has 0 atom stereocenters. The lowest BCUT2D eigenvalue weighted by molar-refractivity contribution is 0.199. The van der Waals surface area contributed by atoms with E-state index in [1.54, 1.807) is 11.8 Å². The molecule has 0 spiro atoms. The zero-order chi connectivity index (χ0) is 12.8. The number of hydrogen-bond donors (Lipinski definition) is 1. The van der Waals surface area contributed by atoms with E-state index in [0.717, 1.165) is 37.5 Å². The van der Waals surface area contributed by atoms with E-state index in [9.17, 15) is 0 Å². The summed E-state index contributed by atoms with van der Waals surface area (Å²) in [4.78, 5) is 4.20. The molecule has 2 heterocycles. The Morgan fingerprint density at radius 2 is 2.22 bits per heavy atom. The van der Waals surface area contributed by atoms with Crippen LogP contribution in [0.3, 0.4) is 0 Å². The smallest absolute Gasteiger partial charge is 0.0951 e. The van der Waals surface area contributed by atoms with Crippen molar-refractivity contribution in [3.8, 4) is 11.3 Å². The van der Waals surface area contributed by atoms with Crippen LogP contribution in [0.15, 0.2) is 24.9 Å². The van der Waals surface area contributed by atoms with Crippen LogP contribution in [0.4, 0.5) is 0 Å². The van der Waals surface area contributed by atoms with E-state index >= 15 is 0 Å². The second-order valence-electron chi connectivity index (χ2n) is 4.12. The molecule has 0 aliphatic rings. The van der Waals surface area contributed by atoms with Crippen molar-refractivity contribution in [1.29, 1.82) is 0 Å². The summed E-state index contributed by atoms with van der Waals surface area (Å²) < 4.78 is 8.90. The van der Waals surface area contributed by atoms with Gasteiger partial charge in [-0.05, 0) is 0 Å². The van der Waals surface area contributed by atoms with Crippen molar-refractivity contribution in [2.24, 2.45) is 7.05 Å². The maximum atomic E-state index is 4.98. The van der Waals surface area contributed by atoms with Crippen LogP contribution in [0.25, 0.3) is 11.3 Å². The molecule has 0 aromatic carbocycles. The highest BCUT2D eigenvalue weighted by atomic mass is 16.5. The van der Waals surface area contributed by atoms with E-state index in [-0.39, 0.29) is 0 Å². The van der Waals surface area contributed by atoms with Gasteiger partial charge in [-0.3, -0.25) is 4.68 Å². The average Bonchev–Trinajstić information content (AvgIpc) is 2.97. The molecule has 0 aliphatic carbocycles. The van der Waals surface area contributed by atoms with E-state index in [1.165, 1.54) is 0 Å². The first kappa shape index (κ1) is 12.8. The van der Waals surface area contributed by atoms with E-state index in [2.05, 4.69) is 20.0 Å². The number of aryl methyl sites for hydroxylation is 1. The Hall–Kier alpha value is -1.66. The fraction of sp³-hybridized carbons (Fsp3) is 0.500. The van der Waals surface area contributed by atoms with Crippen LogP contribution < -0.4 is 5.32 Å². The molecule has 0 unspecified atom stereocenters. The topological polar surface area (TPSA) is 56.9 Å². The van der Waals surface area contributed by atoms with Gasteiger partial charge in [-0.25, -0.2) is 4.98 Å². The van der Waals surface area contributed by atoms with E-state index < -0.39 is 0 Å². The Morgan fingerprint density at radius 3 is 2.94 bits per heavy atom. The lowest BCUT2D eigenvalue weighted by atomic mass is 10.3. The van der Waals surface area contributed by atoms with Gasteiger partial charge < -0.3 is 14.6 Å². The van der Waals surface area contributed by atoms with Crippen molar-refractivity contribution in [2.75, 3.05) is 26.8 Å². The number of rotatable bonds is 7. The third-order valence-electron chi connectivity index (χ3n) is 2.73. The van der Waals surface area contributed by atoms with E-state index in [1.807, 2.05) is 32.0 Å². The summed E-state index contributed by atoms with van der Waals surface area (Å²) in [5, 5.41) is 7.49. The number of nitrogens with zero attached hydrogens (tertiary/aromatic N) is 4. The molecule has 0 fully saturated rings. The zero-order valence-corrected chi connectivity index (χ0v) is 10.8. The molecular weight excluding hydrogens is 230 g/mol. The molecule has 2 aromatic heterocycles. The number of methoxy groups -OCH3 is 1. The summed E-state index contributed by atoms with van der Waals surface area (Å²) in [5.41, 5.74) is 2.18. The standard InChI is InChI=1S/C12H19N5O/c1-16-9-11(7-15-16)12-8-14-10-17(12)5-3-13-4-6-18-2/h7-10,13H,3-6H2,1-2H3. The predicted octanol–water partition coefficient (Wildman–Crippen LogP) is 0.520. The van der Waals surface area contributed by atoms with E-state index in [4.69, 9.17) is 4.74 Å². The van der Waals surface area contributed by atoms with Gasteiger partial charge in [0.15, 0.2) is 0 Å². The highest BCUT2D eigenvalue weighted by Crippen LogP contribution is 2.17. The fourth-order valence-electron chi connectivity index (χ4n) is 1.79. The third kappa shape index (κ3) is 3.18. The Morgan fingerprint density at radius 1 is 1.33 bits per heavy atom. The minimum atomic E-state index is 0.736. The van der Waals surface area contributed by atoms with Crippen LogP contribution in [0.5, 0.6) is 0 Å². The SMILES string of the molecule is COCCNCCn1cncc1-c1cnn(C)c1. The van der Waals surface area contributed by atoms with E-state index in [0.29, 0.717) is 0 Å². The highest BCUT2D eigenvalue weighted by molar-refractivity contribution is 5.56. The molecular formula is C12H19N5O. The van der Waals surface area contributed by atoms with Crippen molar-refractivity contribution >= 4 is 0 Å². The maximum absolute atomic E-state index is 4.98. The zero-order valence-electron chi connectivity index (χ0n) is 10.8. The summed E-state index contributed by atoms with van der Waals surface area (Å²) in [6, 6.07) is 0. The molecule has 6 heteroatoms. The summed E-state index contributed by atoms with van der Waals surface area (Å²) in [6.07, 6.45) is 7.56. The molecule has 0 amide bonds. The van der Waals surface area contributed by atoms with Crippen LogP contribution in [0, 0.1) is 0 Å². The molecule has 0 saturated heterocycles. The molecule has 1 N–H and O–H groups in total. The van der Waals surface area contributed by atoms with Gasteiger partial charge in [-0.2, -0.15) is 5.10 Å². The van der Waals surface area contributed by atoms with Crippen LogP contribution in [0.1, 0.15) is 0 Å². The first-order chi connectivity index (χ1) is 8.81. The van der Waals surface area contributed by atoms with Gasteiger partial charge in [0.25, 0.3) is 0 Å². The number of imidazole rings is 1. The van der Waals surface area contributed by atoms with Crippen LogP contribution in [-0.4, -0.2) is 46.1 Å². The van der Waals surface area contributed by atoms with Crippen molar-refractivity contribution < 1.29 is 4.74 Å². The molecule has 0 aliphatic heterocycles. The Bertz CT molecular complexity index is 476. The van der Waals surface area contributed by atoms with Gasteiger partial charge in [-0.15, -0.1) is 0 Å². The summed E-state index contributed by atoms with van der Waals surface area (Å²) in [5.74, 6) is 0. The molecule has 2 aromatic rings. The first-order valence-electron chi connectivity index (χ1n) is 6.00. The van der Waals surface area contributed by atoms with Gasteiger partial charge in [0.1, 0.15) is 0 Å². The second-order valence-corrected chi connectivity index (χ2v) is 4.12. The minimum Gasteiger partial charge on any atom is -0.383 e. The lowest BCUT2D eigenvalue weighted by Gasteiger charge is -2.07. The monoisotopic (exact) mass is 249 g/mol. The number of aromatic nitrogens is 4. The average molecular weight is 249 g/mol. The molecule has 0 radical (unpaired) electrons. The highest BCUT2D eigenvalue weighted by Gasteiger charge is 2.06. The summed E-state index contributed by atoms with van der Waals surface area (Å²) >= 11 is 0. The molecule has 6 nitrogen and oxygen atoms in total. The lowest BCUT2D eigenvalue weighted by Crippen LogP contribution is -2.23. The third-order valence-corrected chi connectivity index (χ3v) is 2.73. The molecule has 0 saturated carbocycles. The van der Waals surface area contributed by atoms with Crippen LogP contribution in [0.2, 0.25) is 0 Å². The second kappa shape index (κ2) is 6.32. The van der Waals surface area contributed by atoms with Crippen LogP contribution >= 0.6 is 0 Å². The quantitative estimate of drug-likeness (QED) is 0.727. The van der Waals surface area contributed by atoms with Gasteiger partial charge in [0, 0.05) is 45.6 Å². The fourth-order valence-corrected chi connectivity index (χ4v) is 1.79. The Labute approximate surface area is 107 Å². The van der Waals surface area contributed by atoms with Gasteiger partial charge in [0.05, 0.1) is 31.0 Å². The van der Waals surface area contributed by atoms with Crippen molar-refractivity contribution in [3.63, 3.8) is 0 Å².